The first-order chi connectivity index (χ1) is 8.93. The van der Waals surface area contributed by atoms with Gasteiger partial charge < -0.3 is 9.40 Å². The predicted octanol–water partition coefficient (Wildman–Crippen LogP) is 3.02. The summed E-state index contributed by atoms with van der Waals surface area (Å²) in [7, 11) is 0. The average molecular weight is 258 g/mol. The summed E-state index contributed by atoms with van der Waals surface area (Å²) < 4.78 is 2.01. The lowest BCUT2D eigenvalue weighted by molar-refractivity contribution is -0.136. The van der Waals surface area contributed by atoms with E-state index in [9.17, 15) is 4.79 Å². The van der Waals surface area contributed by atoms with Crippen LogP contribution in [0.3, 0.4) is 0 Å². The van der Waals surface area contributed by atoms with E-state index in [1.807, 2.05) is 55.8 Å². The van der Waals surface area contributed by atoms with Crippen molar-refractivity contribution in [1.29, 1.82) is 0 Å². The molecule has 0 aromatic carbocycles. The van der Waals surface area contributed by atoms with Gasteiger partial charge in [0.05, 0.1) is 5.57 Å². The van der Waals surface area contributed by atoms with Gasteiger partial charge in [-0.3, -0.25) is 0 Å². The van der Waals surface area contributed by atoms with Crippen molar-refractivity contribution >= 4 is 17.8 Å². The number of carbonyl (C=O) groups excluding carboxylic acids is 1. The number of oxime groups is 1. The first kappa shape index (κ1) is 13.3. The van der Waals surface area contributed by atoms with Crippen molar-refractivity contribution in [3.63, 3.8) is 0 Å². The third-order valence-electron chi connectivity index (χ3n) is 2.89. The highest BCUT2D eigenvalue weighted by atomic mass is 16.7. The number of aromatic nitrogens is 1. The van der Waals surface area contributed by atoms with Gasteiger partial charge in [0.15, 0.2) is 0 Å². The van der Waals surface area contributed by atoms with Gasteiger partial charge in [0.25, 0.3) is 0 Å². The van der Waals surface area contributed by atoms with Crippen molar-refractivity contribution in [2.75, 3.05) is 0 Å². The fourth-order valence-electron chi connectivity index (χ4n) is 1.96. The quantitative estimate of drug-likeness (QED) is 0.475. The molecule has 0 bridgehead atoms. The van der Waals surface area contributed by atoms with Crippen molar-refractivity contribution in [3.8, 4) is 0 Å². The Labute approximate surface area is 113 Å². The van der Waals surface area contributed by atoms with Gasteiger partial charge in [-0.1, -0.05) is 32.0 Å². The van der Waals surface area contributed by atoms with E-state index in [0.717, 1.165) is 5.69 Å². The number of allylic oxidation sites excluding steroid dienone is 1. The van der Waals surface area contributed by atoms with Crippen LogP contribution >= 0.6 is 0 Å². The molecule has 100 valence electrons. The third-order valence-corrected chi connectivity index (χ3v) is 2.89. The normalized spacial score (nSPS) is 17.5. The van der Waals surface area contributed by atoms with Gasteiger partial charge >= 0.3 is 5.97 Å². The number of nitrogens with zero attached hydrogens (tertiary/aromatic N) is 2. The number of carbonyl (C=O) groups is 1. The SMILES string of the molecule is C=CCn1cccc1/C=C1\C(=O)ON=C1C(C)(C)C. The van der Waals surface area contributed by atoms with Crippen LogP contribution in [0, 0.1) is 5.41 Å². The molecule has 0 atom stereocenters. The average Bonchev–Trinajstić information content (AvgIpc) is 2.88. The van der Waals surface area contributed by atoms with E-state index in [1.54, 1.807) is 0 Å². The molecule has 0 spiro atoms. The Kier molecular flexibility index (Phi) is 3.42. The standard InChI is InChI=1S/C15H18N2O2/c1-5-8-17-9-6-7-11(17)10-12-13(15(2,3)4)16-19-14(12)18/h5-7,9-10H,1,8H2,2-4H3/b12-10-. The predicted molar refractivity (Wildman–Crippen MR) is 75.6 cm³/mol. The molecule has 19 heavy (non-hydrogen) atoms. The van der Waals surface area contributed by atoms with Crippen molar-refractivity contribution in [1.82, 2.24) is 4.57 Å². The Balaban J connectivity index is 2.41. The molecule has 1 aliphatic rings. The second kappa shape index (κ2) is 4.88. The van der Waals surface area contributed by atoms with Crippen molar-refractivity contribution in [2.24, 2.45) is 10.6 Å². The highest BCUT2D eigenvalue weighted by Crippen LogP contribution is 2.28. The number of hydrogen-bond donors (Lipinski definition) is 0. The zero-order chi connectivity index (χ0) is 14.0. The summed E-state index contributed by atoms with van der Waals surface area (Å²) in [5, 5.41) is 3.90. The minimum Gasteiger partial charge on any atom is -0.344 e. The van der Waals surface area contributed by atoms with Gasteiger partial charge in [-0.05, 0) is 18.2 Å². The Bertz CT molecular complexity index is 571. The lowest BCUT2D eigenvalue weighted by Gasteiger charge is -2.16. The molecule has 0 N–H and O–H groups in total. The fraction of sp³-hybridized carbons (Fsp3) is 0.333. The number of hydrogen-bond acceptors (Lipinski definition) is 3. The Morgan fingerprint density at radius 1 is 1.47 bits per heavy atom. The molecule has 0 saturated carbocycles. The van der Waals surface area contributed by atoms with Gasteiger partial charge in [0, 0.05) is 23.9 Å². The Morgan fingerprint density at radius 3 is 2.84 bits per heavy atom. The van der Waals surface area contributed by atoms with Crippen molar-refractivity contribution in [3.05, 3.63) is 42.3 Å². The summed E-state index contributed by atoms with van der Waals surface area (Å²) in [5.41, 5.74) is 1.92. The Hall–Kier alpha value is -2.10. The van der Waals surface area contributed by atoms with E-state index in [2.05, 4.69) is 11.7 Å². The molecule has 0 aliphatic carbocycles. The molecule has 0 radical (unpaired) electrons. The maximum absolute atomic E-state index is 11.8. The summed E-state index contributed by atoms with van der Waals surface area (Å²) in [5.74, 6) is -0.392. The Morgan fingerprint density at radius 2 is 2.21 bits per heavy atom. The highest BCUT2D eigenvalue weighted by molar-refractivity contribution is 6.26. The van der Waals surface area contributed by atoms with E-state index in [-0.39, 0.29) is 5.41 Å². The molecular weight excluding hydrogens is 240 g/mol. The summed E-state index contributed by atoms with van der Waals surface area (Å²) >= 11 is 0. The zero-order valence-corrected chi connectivity index (χ0v) is 11.5. The summed E-state index contributed by atoms with van der Waals surface area (Å²) in [4.78, 5) is 16.6. The second-order valence-electron chi connectivity index (χ2n) is 5.50. The van der Waals surface area contributed by atoms with E-state index in [0.29, 0.717) is 17.8 Å². The van der Waals surface area contributed by atoms with E-state index >= 15 is 0 Å². The highest BCUT2D eigenvalue weighted by Gasteiger charge is 2.34. The van der Waals surface area contributed by atoms with Crippen LogP contribution in [0.5, 0.6) is 0 Å². The molecule has 1 aliphatic heterocycles. The molecule has 2 rings (SSSR count). The van der Waals surface area contributed by atoms with Gasteiger partial charge in [-0.2, -0.15) is 0 Å². The van der Waals surface area contributed by atoms with Crippen molar-refractivity contribution < 1.29 is 9.63 Å². The second-order valence-corrected chi connectivity index (χ2v) is 5.50. The van der Waals surface area contributed by atoms with Crippen LogP contribution in [-0.4, -0.2) is 16.2 Å². The van der Waals surface area contributed by atoms with Crippen molar-refractivity contribution in [2.45, 2.75) is 27.3 Å². The minimum atomic E-state index is -0.392. The van der Waals surface area contributed by atoms with Crippen LogP contribution in [0.2, 0.25) is 0 Å². The molecule has 0 unspecified atom stereocenters. The van der Waals surface area contributed by atoms with Gasteiger partial charge in [0.2, 0.25) is 0 Å². The molecule has 4 nitrogen and oxygen atoms in total. The summed E-state index contributed by atoms with van der Waals surface area (Å²) in [6.07, 6.45) is 5.58. The van der Waals surface area contributed by atoms with Crippen LogP contribution in [0.1, 0.15) is 26.5 Å². The maximum atomic E-state index is 11.8. The van der Waals surface area contributed by atoms with E-state index in [4.69, 9.17) is 4.84 Å². The van der Waals surface area contributed by atoms with E-state index < -0.39 is 5.97 Å². The monoisotopic (exact) mass is 258 g/mol. The first-order valence-electron chi connectivity index (χ1n) is 6.21. The molecule has 1 aromatic heterocycles. The van der Waals surface area contributed by atoms with Crippen LogP contribution in [0.4, 0.5) is 0 Å². The lowest BCUT2D eigenvalue weighted by atomic mass is 9.85. The summed E-state index contributed by atoms with van der Waals surface area (Å²) in [6, 6.07) is 3.88. The first-order valence-corrected chi connectivity index (χ1v) is 6.21. The summed E-state index contributed by atoms with van der Waals surface area (Å²) in [6.45, 7) is 10.4. The largest absolute Gasteiger partial charge is 0.367 e. The molecule has 0 fully saturated rings. The molecular formula is C15H18N2O2. The zero-order valence-electron chi connectivity index (χ0n) is 11.5. The van der Waals surface area contributed by atoms with Crippen LogP contribution in [0.15, 0.2) is 41.7 Å². The van der Waals surface area contributed by atoms with Crippen LogP contribution in [-0.2, 0) is 16.2 Å². The minimum absolute atomic E-state index is 0.228. The molecule has 0 amide bonds. The van der Waals surface area contributed by atoms with Gasteiger partial charge in [0.1, 0.15) is 5.71 Å². The smallest absolute Gasteiger partial charge is 0.344 e. The lowest BCUT2D eigenvalue weighted by Crippen LogP contribution is -2.22. The molecule has 0 saturated heterocycles. The third kappa shape index (κ3) is 2.67. The van der Waals surface area contributed by atoms with Crippen LogP contribution < -0.4 is 0 Å². The number of rotatable bonds is 3. The maximum Gasteiger partial charge on any atom is 0.367 e. The van der Waals surface area contributed by atoms with E-state index in [1.165, 1.54) is 0 Å². The fourth-order valence-corrected chi connectivity index (χ4v) is 1.96. The molecule has 4 heteroatoms. The molecule has 2 heterocycles. The van der Waals surface area contributed by atoms with Gasteiger partial charge in [-0.15, -0.1) is 6.58 Å². The van der Waals surface area contributed by atoms with Gasteiger partial charge in [-0.25, -0.2) is 4.79 Å². The molecule has 1 aromatic rings. The van der Waals surface area contributed by atoms with Crippen LogP contribution in [0.25, 0.3) is 6.08 Å². The topological polar surface area (TPSA) is 43.6 Å².